The lowest BCUT2D eigenvalue weighted by molar-refractivity contribution is 0.0592. The van der Waals surface area contributed by atoms with Gasteiger partial charge < -0.3 is 60.6 Å². The minimum absolute atomic E-state index is 0.661. The Hall–Kier alpha value is -3.48. The Morgan fingerprint density at radius 1 is 0.526 bits per heavy atom. The molecular weight excluding hydrogens is 713 g/mol. The summed E-state index contributed by atoms with van der Waals surface area (Å²) in [6.45, 7) is 38.3. The van der Waals surface area contributed by atoms with Gasteiger partial charge in [0.1, 0.15) is 0 Å². The van der Waals surface area contributed by atoms with E-state index in [0.29, 0.717) is 5.92 Å². The van der Waals surface area contributed by atoms with E-state index in [4.69, 9.17) is 9.47 Å². The van der Waals surface area contributed by atoms with Crippen LogP contribution >= 0.6 is 0 Å². The SMILES string of the molecule is C=CC.CC.CC.CCNC=CC(C)C.CCNC=CN1CCOCC1.CNC=CN1CCCCC1.CNC=CN1CCN(C)CC1.CNC=CN1CCOCC1. The van der Waals surface area contributed by atoms with Gasteiger partial charge >= 0.3 is 0 Å². The van der Waals surface area contributed by atoms with E-state index in [0.717, 1.165) is 78.8 Å². The summed E-state index contributed by atoms with van der Waals surface area (Å²) in [5.74, 6) is 0.661. The molecule has 4 aliphatic rings. The first-order chi connectivity index (χ1) is 27.8. The molecule has 4 rings (SSSR count). The first-order valence-corrected chi connectivity index (χ1v) is 22.0. The van der Waals surface area contributed by atoms with Gasteiger partial charge in [0.25, 0.3) is 0 Å². The fraction of sp³-hybridized carbons (Fsp3) is 0.733. The molecule has 12 nitrogen and oxygen atoms in total. The lowest BCUT2D eigenvalue weighted by atomic mass is 10.1. The molecule has 0 aromatic heterocycles. The fourth-order valence-corrected chi connectivity index (χ4v) is 4.69. The number of hydrogen-bond donors (Lipinski definition) is 5. The third-order valence-corrected chi connectivity index (χ3v) is 7.79. The molecule has 0 aromatic rings. The average Bonchev–Trinajstić information content (AvgIpc) is 3.26. The normalized spacial score (nSPS) is 16.7. The van der Waals surface area contributed by atoms with E-state index in [1.54, 1.807) is 6.08 Å². The number of piperidine rings is 1. The minimum Gasteiger partial charge on any atom is -0.393 e. The van der Waals surface area contributed by atoms with E-state index in [1.165, 1.54) is 45.4 Å². The highest BCUT2D eigenvalue weighted by Crippen LogP contribution is 2.08. The fourth-order valence-electron chi connectivity index (χ4n) is 4.69. The lowest BCUT2D eigenvalue weighted by Gasteiger charge is -2.31. The Balaban J connectivity index is -0.000000297. The van der Waals surface area contributed by atoms with Crippen LogP contribution in [0.4, 0.5) is 0 Å². The van der Waals surface area contributed by atoms with Gasteiger partial charge in [-0.3, -0.25) is 0 Å². The van der Waals surface area contributed by atoms with Crippen LogP contribution in [0.15, 0.2) is 74.5 Å². The standard InChI is InChI=1S/C8H17N3.C8H16N2O.C8H16N2.C7H14N2O.C7H15N.C3H6.2C2H6/c1-9-3-4-11-7-5-10(2)6-8-11;1-2-9-3-4-10-5-7-11-8-6-10;1-9-5-8-10-6-3-2-4-7-10;1-8-2-3-9-4-6-10-7-5-9;1-4-8-6-5-7(2)3;1-3-2;2*1-2/h3-4,9H,5-8H2,1-2H3;3-4,9H,2,5-8H2,1H3;5,8-9H,2-4,6-7H2,1H3;2-3,8H,4-7H2,1H3;5-8H,4H2,1-3H3;3H,1H2,2H3;2*1-2H3. The molecule has 0 spiro atoms. The summed E-state index contributed by atoms with van der Waals surface area (Å²) in [6.07, 6.45) is 26.3. The van der Waals surface area contributed by atoms with Crippen molar-refractivity contribution >= 4 is 0 Å². The highest BCUT2D eigenvalue weighted by molar-refractivity contribution is 4.84. The second kappa shape index (κ2) is 52.5. The number of nitrogens with zero attached hydrogens (tertiary/aromatic N) is 5. The first-order valence-electron chi connectivity index (χ1n) is 22.0. The second-order valence-corrected chi connectivity index (χ2v) is 13.0. The van der Waals surface area contributed by atoms with E-state index in [-0.39, 0.29) is 0 Å². The van der Waals surface area contributed by atoms with Gasteiger partial charge in [-0.2, -0.15) is 0 Å². The number of likely N-dealkylation sites (N-methyl/N-ethyl adjacent to an activating group) is 1. The third kappa shape index (κ3) is 48.6. The van der Waals surface area contributed by atoms with Crippen LogP contribution in [0.3, 0.4) is 0 Å². The van der Waals surface area contributed by atoms with Gasteiger partial charge in [0.15, 0.2) is 0 Å². The van der Waals surface area contributed by atoms with Gasteiger partial charge in [-0.15, -0.1) is 6.58 Å². The number of ether oxygens (including phenoxy) is 2. The summed E-state index contributed by atoms with van der Waals surface area (Å²) < 4.78 is 10.4. The third-order valence-electron chi connectivity index (χ3n) is 7.79. The maximum atomic E-state index is 5.21. The van der Waals surface area contributed by atoms with E-state index in [1.807, 2.05) is 86.8 Å². The minimum atomic E-state index is 0.661. The van der Waals surface area contributed by atoms with Crippen molar-refractivity contribution in [1.29, 1.82) is 0 Å². The molecule has 4 fully saturated rings. The van der Waals surface area contributed by atoms with Crippen molar-refractivity contribution in [3.05, 3.63) is 74.5 Å². The van der Waals surface area contributed by atoms with E-state index >= 15 is 0 Å². The largest absolute Gasteiger partial charge is 0.393 e. The number of hydrogen-bond acceptors (Lipinski definition) is 12. The Kier molecular flexibility index (Phi) is 55.5. The van der Waals surface area contributed by atoms with E-state index in [9.17, 15) is 0 Å². The summed E-state index contributed by atoms with van der Waals surface area (Å²) in [5.41, 5.74) is 0. The number of rotatable bonds is 12. The molecule has 0 aliphatic carbocycles. The molecule has 57 heavy (non-hydrogen) atoms. The summed E-state index contributed by atoms with van der Waals surface area (Å²) >= 11 is 0. The van der Waals surface area contributed by atoms with E-state index in [2.05, 4.69) is 123 Å². The van der Waals surface area contributed by atoms with Crippen molar-refractivity contribution in [2.75, 3.05) is 133 Å². The molecule has 0 unspecified atom stereocenters. The van der Waals surface area contributed by atoms with Crippen LogP contribution in [0, 0.1) is 5.92 Å². The number of piperazine rings is 1. The predicted octanol–water partition coefficient (Wildman–Crippen LogP) is 6.51. The van der Waals surface area contributed by atoms with Crippen LogP contribution < -0.4 is 26.6 Å². The molecule has 0 amide bonds. The van der Waals surface area contributed by atoms with Crippen molar-refractivity contribution in [3.63, 3.8) is 0 Å². The lowest BCUT2D eigenvalue weighted by Crippen LogP contribution is -2.41. The molecule has 338 valence electrons. The van der Waals surface area contributed by atoms with Crippen molar-refractivity contribution < 1.29 is 9.47 Å². The zero-order chi connectivity index (χ0) is 43.6. The van der Waals surface area contributed by atoms with Crippen molar-refractivity contribution in [1.82, 2.24) is 51.1 Å². The zero-order valence-electron chi connectivity index (χ0n) is 39.6. The van der Waals surface area contributed by atoms with Gasteiger partial charge in [0.05, 0.1) is 26.4 Å². The molecule has 4 aliphatic heterocycles. The summed E-state index contributed by atoms with van der Waals surface area (Å²) in [4.78, 5) is 11.5. The molecule has 0 aromatic carbocycles. The van der Waals surface area contributed by atoms with Crippen molar-refractivity contribution in [2.45, 2.75) is 81.6 Å². The van der Waals surface area contributed by atoms with Gasteiger partial charge in [0.2, 0.25) is 0 Å². The Bertz CT molecular complexity index is 861. The van der Waals surface area contributed by atoms with Gasteiger partial charge in [0, 0.05) is 149 Å². The van der Waals surface area contributed by atoms with Crippen LogP contribution in [-0.2, 0) is 9.47 Å². The summed E-state index contributed by atoms with van der Waals surface area (Å²) in [5, 5.41) is 15.2. The van der Waals surface area contributed by atoms with E-state index < -0.39 is 0 Å². The molecule has 4 saturated heterocycles. The summed E-state index contributed by atoms with van der Waals surface area (Å²) in [6, 6.07) is 0. The number of morpholine rings is 2. The molecule has 12 heteroatoms. The second-order valence-electron chi connectivity index (χ2n) is 13.0. The maximum Gasteiger partial charge on any atom is 0.0642 e. The molecule has 5 N–H and O–H groups in total. The van der Waals surface area contributed by atoms with Gasteiger partial charge in [-0.1, -0.05) is 53.7 Å². The zero-order valence-corrected chi connectivity index (χ0v) is 39.6. The molecule has 0 atom stereocenters. The number of likely N-dealkylation sites (tertiary alicyclic amines) is 1. The molecule has 0 saturated carbocycles. The van der Waals surface area contributed by atoms with Crippen molar-refractivity contribution in [3.8, 4) is 0 Å². The van der Waals surface area contributed by atoms with Crippen LogP contribution in [0.5, 0.6) is 0 Å². The van der Waals surface area contributed by atoms with Crippen LogP contribution in [0.1, 0.15) is 81.6 Å². The highest BCUT2D eigenvalue weighted by atomic mass is 16.5. The highest BCUT2D eigenvalue weighted by Gasteiger charge is 2.09. The van der Waals surface area contributed by atoms with Gasteiger partial charge in [-0.25, -0.2) is 0 Å². The molecular formula is C45H96N10O2. The summed E-state index contributed by atoms with van der Waals surface area (Å²) in [7, 11) is 7.92. The predicted molar refractivity (Wildman–Crippen MR) is 253 cm³/mol. The topological polar surface area (TPSA) is 94.8 Å². The Morgan fingerprint density at radius 3 is 1.21 bits per heavy atom. The quantitative estimate of drug-likeness (QED) is 0.139. The average molecular weight is 809 g/mol. The Labute approximate surface area is 354 Å². The number of nitrogens with one attached hydrogen (secondary N) is 5. The first kappa shape index (κ1) is 60.2. The number of allylic oxidation sites excluding steroid dienone is 2. The Morgan fingerprint density at radius 2 is 0.860 bits per heavy atom. The molecule has 4 heterocycles. The monoisotopic (exact) mass is 809 g/mol. The molecule has 0 bridgehead atoms. The van der Waals surface area contributed by atoms with Crippen LogP contribution in [-0.4, -0.2) is 158 Å². The van der Waals surface area contributed by atoms with Crippen molar-refractivity contribution in [2.24, 2.45) is 5.92 Å². The van der Waals surface area contributed by atoms with Gasteiger partial charge in [-0.05, 0) is 59.2 Å². The van der Waals surface area contributed by atoms with Crippen LogP contribution in [0.25, 0.3) is 0 Å². The molecule has 0 radical (unpaired) electrons. The van der Waals surface area contributed by atoms with Crippen LogP contribution in [0.2, 0.25) is 0 Å². The smallest absolute Gasteiger partial charge is 0.0642 e. The maximum absolute atomic E-state index is 5.21.